The minimum absolute atomic E-state index is 0.206. The van der Waals surface area contributed by atoms with Gasteiger partial charge in [-0.1, -0.05) is 18.2 Å². The van der Waals surface area contributed by atoms with Crippen LogP contribution in [0, 0.1) is 0 Å². The van der Waals surface area contributed by atoms with E-state index < -0.39 is 5.91 Å². The number of benzene rings is 1. The quantitative estimate of drug-likeness (QED) is 0.829. The highest BCUT2D eigenvalue weighted by Gasteiger charge is 2.06. The van der Waals surface area contributed by atoms with Gasteiger partial charge >= 0.3 is 0 Å². The average Bonchev–Trinajstić information content (AvgIpc) is 2.26. The number of halogens is 1. The molecule has 1 rings (SSSR count). The minimum atomic E-state index is -0.527. The van der Waals surface area contributed by atoms with E-state index in [0.717, 1.165) is 0 Å². The van der Waals surface area contributed by atoms with Crippen molar-refractivity contribution in [2.75, 3.05) is 6.54 Å². The highest BCUT2D eigenvalue weighted by molar-refractivity contribution is 6.29. The number of hydrogen-bond acceptors (Lipinski definition) is 2. The highest BCUT2D eigenvalue weighted by Crippen LogP contribution is 2.04. The van der Waals surface area contributed by atoms with Crippen LogP contribution in [0.4, 0.5) is 0 Å². The highest BCUT2D eigenvalue weighted by atomic mass is 35.5. The summed E-state index contributed by atoms with van der Waals surface area (Å²) in [6.45, 7) is 3.65. The Morgan fingerprint density at radius 3 is 2.19 bits per heavy atom. The predicted molar refractivity (Wildman–Crippen MR) is 62.3 cm³/mol. The molecule has 0 unspecified atom stereocenters. The van der Waals surface area contributed by atoms with Crippen molar-refractivity contribution in [3.05, 3.63) is 47.0 Å². The molecule has 84 valence electrons. The van der Waals surface area contributed by atoms with Gasteiger partial charge in [0, 0.05) is 16.2 Å². The van der Waals surface area contributed by atoms with E-state index in [1.807, 2.05) is 0 Å². The summed E-state index contributed by atoms with van der Waals surface area (Å²) in [5.74, 6) is -0.807. The van der Waals surface area contributed by atoms with Gasteiger partial charge in [-0.2, -0.15) is 0 Å². The van der Waals surface area contributed by atoms with Crippen LogP contribution in [-0.2, 0) is 0 Å². The number of hydrogen-bond donors (Lipinski definition) is 2. The first kappa shape index (κ1) is 12.3. The Kier molecular flexibility index (Phi) is 4.08. The van der Waals surface area contributed by atoms with Gasteiger partial charge in [-0.25, -0.2) is 0 Å². The zero-order chi connectivity index (χ0) is 12.1. The molecule has 0 atom stereocenters. The molecule has 5 heteroatoms. The van der Waals surface area contributed by atoms with Gasteiger partial charge in [0.2, 0.25) is 5.91 Å². The molecule has 0 spiro atoms. The third kappa shape index (κ3) is 3.40. The summed E-state index contributed by atoms with van der Waals surface area (Å²) in [5.41, 5.74) is 5.86. The van der Waals surface area contributed by atoms with Crippen LogP contribution >= 0.6 is 11.6 Å². The number of carbonyl (C=O) groups is 2. The van der Waals surface area contributed by atoms with E-state index in [0.29, 0.717) is 16.2 Å². The number of nitrogens with two attached hydrogens (primary N) is 1. The maximum atomic E-state index is 11.5. The van der Waals surface area contributed by atoms with Gasteiger partial charge < -0.3 is 11.1 Å². The summed E-state index contributed by atoms with van der Waals surface area (Å²) >= 11 is 5.51. The number of amides is 2. The largest absolute Gasteiger partial charge is 0.366 e. The molecule has 1 aromatic rings. The molecule has 2 amide bonds. The van der Waals surface area contributed by atoms with Crippen molar-refractivity contribution in [1.82, 2.24) is 5.32 Å². The van der Waals surface area contributed by atoms with Crippen molar-refractivity contribution in [3.8, 4) is 0 Å². The standard InChI is InChI=1S/C11H11ClN2O2/c1-7(12)6-14-11(16)9-4-2-8(3-5-9)10(13)15/h2-5H,1,6H2,(H2,13,15)(H,14,16). The molecule has 0 aromatic heterocycles. The molecule has 0 saturated carbocycles. The first-order valence-corrected chi connectivity index (χ1v) is 4.90. The van der Waals surface area contributed by atoms with E-state index in [1.54, 1.807) is 0 Å². The van der Waals surface area contributed by atoms with Crippen LogP contribution in [0.2, 0.25) is 0 Å². The normalized spacial score (nSPS) is 9.56. The Morgan fingerprint density at radius 1 is 1.25 bits per heavy atom. The average molecular weight is 239 g/mol. The molecular formula is C11H11ClN2O2. The predicted octanol–water partition coefficient (Wildman–Crippen LogP) is 1.27. The maximum absolute atomic E-state index is 11.5. The topological polar surface area (TPSA) is 72.2 Å². The summed E-state index contributed by atoms with van der Waals surface area (Å²) in [7, 11) is 0. The molecule has 0 fully saturated rings. The zero-order valence-corrected chi connectivity index (χ0v) is 9.25. The summed E-state index contributed by atoms with van der Waals surface area (Å²) in [4.78, 5) is 22.3. The summed E-state index contributed by atoms with van der Waals surface area (Å²) < 4.78 is 0. The fourth-order valence-electron chi connectivity index (χ4n) is 1.06. The molecule has 16 heavy (non-hydrogen) atoms. The van der Waals surface area contributed by atoms with Crippen LogP contribution < -0.4 is 11.1 Å². The molecule has 1 aromatic carbocycles. The van der Waals surface area contributed by atoms with Gasteiger partial charge in [0.15, 0.2) is 0 Å². The van der Waals surface area contributed by atoms with Gasteiger partial charge in [0.05, 0.1) is 6.54 Å². The molecule has 0 aliphatic rings. The second-order valence-electron chi connectivity index (χ2n) is 3.14. The second kappa shape index (κ2) is 5.32. The number of carbonyl (C=O) groups excluding carboxylic acids is 2. The van der Waals surface area contributed by atoms with Crippen LogP contribution in [0.3, 0.4) is 0 Å². The number of rotatable bonds is 4. The molecule has 3 N–H and O–H groups in total. The summed E-state index contributed by atoms with van der Waals surface area (Å²) in [5, 5.41) is 2.91. The van der Waals surface area contributed by atoms with E-state index in [9.17, 15) is 9.59 Å². The van der Waals surface area contributed by atoms with Gasteiger partial charge in [-0.05, 0) is 24.3 Å². The molecule has 4 nitrogen and oxygen atoms in total. The summed E-state index contributed by atoms with van der Waals surface area (Å²) in [6.07, 6.45) is 0. The molecular weight excluding hydrogens is 228 g/mol. The van der Waals surface area contributed by atoms with Crippen molar-refractivity contribution < 1.29 is 9.59 Å². The Labute approximate surface area is 98.1 Å². The molecule has 0 saturated heterocycles. The lowest BCUT2D eigenvalue weighted by Gasteiger charge is -2.04. The number of primary amides is 1. The summed E-state index contributed by atoms with van der Waals surface area (Å²) in [6, 6.07) is 6.03. The smallest absolute Gasteiger partial charge is 0.251 e. The zero-order valence-electron chi connectivity index (χ0n) is 8.50. The lowest BCUT2D eigenvalue weighted by atomic mass is 10.1. The SMILES string of the molecule is C=C(Cl)CNC(=O)c1ccc(C(N)=O)cc1. The monoisotopic (exact) mass is 238 g/mol. The van der Waals surface area contributed by atoms with Crippen molar-refractivity contribution in [3.63, 3.8) is 0 Å². The third-order valence-corrected chi connectivity index (χ3v) is 2.01. The lowest BCUT2D eigenvalue weighted by Crippen LogP contribution is -2.24. The van der Waals surface area contributed by atoms with Gasteiger partial charge in [0.1, 0.15) is 0 Å². The fraction of sp³-hybridized carbons (Fsp3) is 0.0909. The fourth-order valence-corrected chi connectivity index (χ4v) is 1.13. The molecule has 0 heterocycles. The Hall–Kier alpha value is -1.81. The molecule has 0 aliphatic carbocycles. The van der Waals surface area contributed by atoms with E-state index in [-0.39, 0.29) is 12.5 Å². The first-order valence-electron chi connectivity index (χ1n) is 4.52. The second-order valence-corrected chi connectivity index (χ2v) is 3.68. The van der Waals surface area contributed by atoms with Crippen molar-refractivity contribution >= 4 is 23.4 Å². The van der Waals surface area contributed by atoms with E-state index in [1.165, 1.54) is 24.3 Å². The van der Waals surface area contributed by atoms with E-state index in [2.05, 4.69) is 11.9 Å². The number of nitrogens with one attached hydrogen (secondary N) is 1. The first-order chi connectivity index (χ1) is 7.50. The Bertz CT molecular complexity index is 426. The third-order valence-electron chi connectivity index (χ3n) is 1.87. The molecule has 0 radical (unpaired) electrons. The van der Waals surface area contributed by atoms with Crippen LogP contribution in [0.1, 0.15) is 20.7 Å². The van der Waals surface area contributed by atoms with Crippen LogP contribution in [0.25, 0.3) is 0 Å². The Morgan fingerprint density at radius 2 is 1.75 bits per heavy atom. The molecule has 0 bridgehead atoms. The Balaban J connectivity index is 2.70. The van der Waals surface area contributed by atoms with Crippen molar-refractivity contribution in [2.45, 2.75) is 0 Å². The van der Waals surface area contributed by atoms with Crippen molar-refractivity contribution in [2.24, 2.45) is 5.73 Å². The van der Waals surface area contributed by atoms with Gasteiger partial charge in [-0.15, -0.1) is 0 Å². The molecule has 0 aliphatic heterocycles. The van der Waals surface area contributed by atoms with Gasteiger partial charge in [-0.3, -0.25) is 9.59 Å². The van der Waals surface area contributed by atoms with Crippen molar-refractivity contribution in [1.29, 1.82) is 0 Å². The minimum Gasteiger partial charge on any atom is -0.366 e. The lowest BCUT2D eigenvalue weighted by molar-refractivity contribution is 0.0954. The van der Waals surface area contributed by atoms with E-state index in [4.69, 9.17) is 17.3 Å². The van der Waals surface area contributed by atoms with Crippen LogP contribution in [-0.4, -0.2) is 18.4 Å². The van der Waals surface area contributed by atoms with Gasteiger partial charge in [0.25, 0.3) is 5.91 Å². The van der Waals surface area contributed by atoms with E-state index >= 15 is 0 Å². The maximum Gasteiger partial charge on any atom is 0.251 e. The van der Waals surface area contributed by atoms with Crippen LogP contribution in [0.5, 0.6) is 0 Å². The van der Waals surface area contributed by atoms with Crippen LogP contribution in [0.15, 0.2) is 35.9 Å².